The Morgan fingerprint density at radius 2 is 1.60 bits per heavy atom. The van der Waals surface area contributed by atoms with Crippen LogP contribution in [0.1, 0.15) is 46.0 Å². The number of fused-ring (bicyclic) bond motifs is 1. The maximum absolute atomic E-state index is 2.99. The van der Waals surface area contributed by atoms with Gasteiger partial charge in [0.05, 0.1) is 0 Å². The van der Waals surface area contributed by atoms with Gasteiger partial charge in [-0.3, -0.25) is 6.08 Å². The largest absolute Gasteiger partial charge is 3.00 e. The van der Waals surface area contributed by atoms with Gasteiger partial charge in [0.25, 0.3) is 0 Å². The molecule has 0 aromatic heterocycles. The van der Waals surface area contributed by atoms with E-state index in [1.807, 2.05) is 12.2 Å². The molecule has 0 aliphatic heterocycles. The Kier molecular flexibility index (Phi) is 37.8. The van der Waals surface area contributed by atoms with Crippen molar-refractivity contribution >= 4 is 46.6 Å². The van der Waals surface area contributed by atoms with Gasteiger partial charge in [-0.15, -0.1) is 60.9 Å². The Morgan fingerprint density at radius 1 is 1.00 bits per heavy atom. The van der Waals surface area contributed by atoms with Gasteiger partial charge in [-0.05, 0) is 0 Å². The third-order valence-electron chi connectivity index (χ3n) is 3.09. The van der Waals surface area contributed by atoms with Crippen LogP contribution in [0.3, 0.4) is 0 Å². The Labute approximate surface area is 191 Å². The molecule has 5 radical (unpaired) electrons. The van der Waals surface area contributed by atoms with Crippen LogP contribution in [-0.4, -0.2) is 11.0 Å². The van der Waals surface area contributed by atoms with E-state index in [2.05, 4.69) is 68.5 Å². The van der Waals surface area contributed by atoms with Crippen LogP contribution in [0.25, 0.3) is 10.8 Å². The Bertz CT molecular complexity index is 477. The molecular formula is C21H31Cl2SiZr. The van der Waals surface area contributed by atoms with Crippen LogP contribution in [0.5, 0.6) is 0 Å². The van der Waals surface area contributed by atoms with Gasteiger partial charge in [-0.2, -0.15) is 23.6 Å². The van der Waals surface area contributed by atoms with Crippen molar-refractivity contribution in [2.75, 3.05) is 0 Å². The maximum Gasteiger partial charge on any atom is 3.00 e. The summed E-state index contributed by atoms with van der Waals surface area (Å²) in [6, 6.07) is 14.7. The minimum atomic E-state index is 0. The van der Waals surface area contributed by atoms with Crippen molar-refractivity contribution in [2.24, 2.45) is 0 Å². The van der Waals surface area contributed by atoms with Crippen molar-refractivity contribution in [1.29, 1.82) is 0 Å². The summed E-state index contributed by atoms with van der Waals surface area (Å²) in [5.41, 5.74) is 0. The molecule has 0 heterocycles. The minimum Gasteiger partial charge on any atom is -0.358 e. The average molecular weight is 474 g/mol. The number of allylic oxidation sites excluding steroid dienone is 4. The fourth-order valence-corrected chi connectivity index (χ4v) is 1.91. The normalized spacial score (nSPS) is 9.36. The summed E-state index contributed by atoms with van der Waals surface area (Å²) in [6.45, 7) is 4.46. The zero-order valence-electron chi connectivity index (χ0n) is 15.6. The number of rotatable bonds is 3. The van der Waals surface area contributed by atoms with Crippen LogP contribution in [-0.2, 0) is 26.2 Å². The van der Waals surface area contributed by atoms with Gasteiger partial charge >= 0.3 is 26.2 Å². The SMILES string of the molecule is CCCCCC.Cl.Cl.[C-]1=CC=CC1.[CH3-].[Si].[Zr+3].c1ccc2[cH-]ccc2c1. The topological polar surface area (TPSA) is 0 Å². The molecule has 0 bridgehead atoms. The Balaban J connectivity index is -0.0000000759. The zero-order valence-corrected chi connectivity index (χ0v) is 20.7. The van der Waals surface area contributed by atoms with Crippen molar-refractivity contribution in [1.82, 2.24) is 0 Å². The summed E-state index contributed by atoms with van der Waals surface area (Å²) in [4.78, 5) is 0. The third-order valence-corrected chi connectivity index (χ3v) is 3.09. The van der Waals surface area contributed by atoms with Crippen molar-refractivity contribution < 1.29 is 26.2 Å². The molecule has 3 rings (SSSR count). The smallest absolute Gasteiger partial charge is 0.358 e. The van der Waals surface area contributed by atoms with Crippen molar-refractivity contribution in [3.63, 3.8) is 0 Å². The van der Waals surface area contributed by atoms with Gasteiger partial charge in [-0.1, -0.05) is 45.6 Å². The number of benzene rings is 1. The third kappa shape index (κ3) is 18.6. The summed E-state index contributed by atoms with van der Waals surface area (Å²) in [7, 11) is 0. The molecule has 0 unspecified atom stereocenters. The fraction of sp³-hybridized carbons (Fsp3) is 0.333. The molecule has 0 nitrogen and oxygen atoms in total. The molecule has 0 fully saturated rings. The van der Waals surface area contributed by atoms with Crippen molar-refractivity contribution in [2.45, 2.75) is 46.0 Å². The molecule has 137 valence electrons. The molecule has 0 atom stereocenters. The first kappa shape index (κ1) is 36.0. The molecule has 0 spiro atoms. The average Bonchev–Trinajstić information content (AvgIpc) is 3.18. The van der Waals surface area contributed by atoms with Crippen LogP contribution in [0.15, 0.2) is 60.7 Å². The Hall–Kier alpha value is -0.0100. The van der Waals surface area contributed by atoms with Gasteiger partial charge in [0.2, 0.25) is 0 Å². The van der Waals surface area contributed by atoms with Crippen LogP contribution in [0, 0.1) is 13.5 Å². The summed E-state index contributed by atoms with van der Waals surface area (Å²) < 4.78 is 0. The van der Waals surface area contributed by atoms with Gasteiger partial charge in [0, 0.05) is 11.0 Å². The minimum absolute atomic E-state index is 0. The standard InChI is InChI=1S/C9H7.C6H14.C5H5.CH3.2ClH.Si.Zr/c1-2-5-9-7-3-6-8(9)4-1;1-3-5-6-4-2;1-2-4-5-3-1;;;;;/h1-7H;3-6H2,1-2H3;1-3H,4H2;1H3;2*1H;;/q-1;;2*-1;;;;+3. The van der Waals surface area contributed by atoms with Gasteiger partial charge in [-0.25, -0.2) is 12.2 Å². The zero-order chi connectivity index (χ0) is 14.5. The summed E-state index contributed by atoms with van der Waals surface area (Å²) in [5, 5.41) is 2.66. The van der Waals surface area contributed by atoms with E-state index in [0.717, 1.165) is 6.42 Å². The van der Waals surface area contributed by atoms with E-state index in [0.29, 0.717) is 0 Å². The first-order valence-electron chi connectivity index (χ1n) is 7.70. The van der Waals surface area contributed by atoms with Gasteiger partial charge in [0.15, 0.2) is 0 Å². The monoisotopic (exact) mass is 471 g/mol. The van der Waals surface area contributed by atoms with E-state index in [4.69, 9.17) is 0 Å². The van der Waals surface area contributed by atoms with E-state index in [9.17, 15) is 0 Å². The van der Waals surface area contributed by atoms with Crippen molar-refractivity contribution in [3.8, 4) is 0 Å². The number of hydrogen-bond acceptors (Lipinski definition) is 0. The fourth-order valence-electron chi connectivity index (χ4n) is 1.91. The molecule has 0 saturated heterocycles. The van der Waals surface area contributed by atoms with Gasteiger partial charge in [0.1, 0.15) is 0 Å². The molecule has 0 amide bonds. The molecule has 1 aliphatic carbocycles. The molecule has 25 heavy (non-hydrogen) atoms. The number of unbranched alkanes of at least 4 members (excludes halogenated alkanes) is 3. The van der Waals surface area contributed by atoms with E-state index < -0.39 is 0 Å². The van der Waals surface area contributed by atoms with Crippen LogP contribution in [0.2, 0.25) is 0 Å². The van der Waals surface area contributed by atoms with E-state index in [-0.39, 0.29) is 69.4 Å². The Morgan fingerprint density at radius 3 is 2.00 bits per heavy atom. The maximum atomic E-state index is 2.99. The molecule has 0 saturated carbocycles. The molecule has 4 heteroatoms. The summed E-state index contributed by atoms with van der Waals surface area (Å²) in [5.74, 6) is 0. The second-order valence-electron chi connectivity index (χ2n) is 4.86. The molecule has 1 aliphatic rings. The van der Waals surface area contributed by atoms with E-state index in [1.165, 1.54) is 36.5 Å². The summed E-state index contributed by atoms with van der Waals surface area (Å²) >= 11 is 0. The predicted molar refractivity (Wildman–Crippen MR) is 118 cm³/mol. The van der Waals surface area contributed by atoms with Crippen LogP contribution < -0.4 is 0 Å². The number of halogens is 2. The summed E-state index contributed by atoms with van der Waals surface area (Å²) in [6.07, 6.45) is 15.5. The van der Waals surface area contributed by atoms with Crippen molar-refractivity contribution in [3.05, 3.63) is 74.2 Å². The van der Waals surface area contributed by atoms with Crippen LogP contribution >= 0.6 is 24.8 Å². The molecular weight excluding hydrogens is 442 g/mol. The second-order valence-corrected chi connectivity index (χ2v) is 4.86. The molecule has 2 aromatic carbocycles. The molecule has 2 aromatic rings. The van der Waals surface area contributed by atoms with Crippen LogP contribution in [0.4, 0.5) is 0 Å². The molecule has 0 N–H and O–H groups in total. The predicted octanol–water partition coefficient (Wildman–Crippen LogP) is 7.36. The number of hydrogen-bond donors (Lipinski definition) is 0. The second kappa shape index (κ2) is 26.2. The van der Waals surface area contributed by atoms with E-state index >= 15 is 0 Å². The first-order valence-corrected chi connectivity index (χ1v) is 7.70. The van der Waals surface area contributed by atoms with Gasteiger partial charge < -0.3 is 7.43 Å². The van der Waals surface area contributed by atoms with E-state index in [1.54, 1.807) is 0 Å². The quantitative estimate of drug-likeness (QED) is 0.248. The first-order chi connectivity index (χ1) is 9.88.